The predicted molar refractivity (Wildman–Crippen MR) is 97.9 cm³/mol. The van der Waals surface area contributed by atoms with E-state index in [0.29, 0.717) is 25.4 Å². The van der Waals surface area contributed by atoms with Gasteiger partial charge in [-0.3, -0.25) is 14.2 Å². The number of carbonyl (C=O) groups is 1. The third-order valence-electron chi connectivity index (χ3n) is 4.83. The van der Waals surface area contributed by atoms with E-state index in [0.717, 1.165) is 29.9 Å². The molecular formula is C20H22N4O2. The number of likely N-dealkylation sites (tertiary alicyclic amines) is 1. The first-order valence-corrected chi connectivity index (χ1v) is 8.97. The molecule has 6 heteroatoms. The number of ether oxygens (including phenoxy) is 1. The zero-order chi connectivity index (χ0) is 17.9. The van der Waals surface area contributed by atoms with E-state index in [-0.39, 0.29) is 12.0 Å². The zero-order valence-corrected chi connectivity index (χ0v) is 14.8. The van der Waals surface area contributed by atoms with E-state index in [2.05, 4.69) is 9.97 Å². The second-order valence-corrected chi connectivity index (χ2v) is 6.60. The summed E-state index contributed by atoms with van der Waals surface area (Å²) < 4.78 is 7.84. The lowest BCUT2D eigenvalue weighted by Gasteiger charge is -2.32. The van der Waals surface area contributed by atoms with Gasteiger partial charge in [0.1, 0.15) is 11.3 Å². The molecule has 0 spiro atoms. The molecule has 0 bridgehead atoms. The summed E-state index contributed by atoms with van der Waals surface area (Å²) in [5, 5.41) is 0. The lowest BCUT2D eigenvalue weighted by molar-refractivity contribution is -0.00177. The summed E-state index contributed by atoms with van der Waals surface area (Å²) in [5.41, 5.74) is 3.18. The standard InChI is InChI=1S/C20H22N4O2/c1-15-19(24-11-5-3-7-18(24)22-15)20(25)23-12-8-17(9-13-23)26-14-16-6-2-4-10-21-16/h2-7,10-11,17H,8-9,12-14H2,1H3. The van der Waals surface area contributed by atoms with E-state index in [1.165, 1.54) is 0 Å². The fraction of sp³-hybridized carbons (Fsp3) is 0.350. The minimum Gasteiger partial charge on any atom is -0.372 e. The summed E-state index contributed by atoms with van der Waals surface area (Å²) in [4.78, 5) is 23.7. The number of hydrogen-bond donors (Lipinski definition) is 0. The van der Waals surface area contributed by atoms with Crippen molar-refractivity contribution >= 4 is 11.6 Å². The molecule has 1 aliphatic heterocycles. The summed E-state index contributed by atoms with van der Waals surface area (Å²) >= 11 is 0. The van der Waals surface area contributed by atoms with Gasteiger partial charge in [0.25, 0.3) is 5.91 Å². The minimum absolute atomic E-state index is 0.0457. The largest absolute Gasteiger partial charge is 0.372 e. The molecule has 0 saturated carbocycles. The van der Waals surface area contributed by atoms with Gasteiger partial charge in [0.05, 0.1) is 24.1 Å². The highest BCUT2D eigenvalue weighted by Gasteiger charge is 2.27. The molecule has 3 aromatic heterocycles. The summed E-state index contributed by atoms with van der Waals surface area (Å²) in [6.07, 6.45) is 5.52. The van der Waals surface area contributed by atoms with Crippen molar-refractivity contribution in [2.45, 2.75) is 32.5 Å². The van der Waals surface area contributed by atoms with Crippen molar-refractivity contribution in [3.8, 4) is 0 Å². The monoisotopic (exact) mass is 350 g/mol. The van der Waals surface area contributed by atoms with Gasteiger partial charge in [-0.15, -0.1) is 0 Å². The number of rotatable bonds is 4. The molecule has 0 aromatic carbocycles. The van der Waals surface area contributed by atoms with Gasteiger partial charge in [0, 0.05) is 25.5 Å². The highest BCUT2D eigenvalue weighted by Crippen LogP contribution is 2.20. The first-order chi connectivity index (χ1) is 12.7. The lowest BCUT2D eigenvalue weighted by Crippen LogP contribution is -2.41. The highest BCUT2D eigenvalue weighted by molar-refractivity contribution is 5.94. The summed E-state index contributed by atoms with van der Waals surface area (Å²) in [6, 6.07) is 11.6. The molecule has 0 unspecified atom stereocenters. The van der Waals surface area contributed by atoms with Crippen LogP contribution in [0.25, 0.3) is 5.65 Å². The number of fused-ring (bicyclic) bond motifs is 1. The molecule has 0 radical (unpaired) electrons. The molecular weight excluding hydrogens is 328 g/mol. The molecule has 4 rings (SSSR count). The molecule has 1 aliphatic rings. The van der Waals surface area contributed by atoms with Gasteiger partial charge >= 0.3 is 0 Å². The number of aryl methyl sites for hydroxylation is 1. The smallest absolute Gasteiger partial charge is 0.272 e. The number of nitrogens with zero attached hydrogens (tertiary/aromatic N) is 4. The zero-order valence-electron chi connectivity index (χ0n) is 14.8. The van der Waals surface area contributed by atoms with Crippen LogP contribution in [0, 0.1) is 6.92 Å². The van der Waals surface area contributed by atoms with Gasteiger partial charge < -0.3 is 9.64 Å². The molecule has 4 heterocycles. The maximum atomic E-state index is 13.0. The third kappa shape index (κ3) is 3.32. The Labute approximate surface area is 152 Å². The average molecular weight is 350 g/mol. The number of imidazole rings is 1. The van der Waals surface area contributed by atoms with Crippen LogP contribution in [0.15, 0.2) is 48.8 Å². The highest BCUT2D eigenvalue weighted by atomic mass is 16.5. The Hall–Kier alpha value is -2.73. The van der Waals surface area contributed by atoms with E-state index in [9.17, 15) is 4.79 Å². The van der Waals surface area contributed by atoms with Gasteiger partial charge in [-0.2, -0.15) is 0 Å². The van der Waals surface area contributed by atoms with Crippen LogP contribution in [0.1, 0.15) is 34.7 Å². The van der Waals surface area contributed by atoms with Gasteiger partial charge in [-0.05, 0) is 44.0 Å². The molecule has 1 saturated heterocycles. The molecule has 1 fully saturated rings. The predicted octanol–water partition coefficient (Wildman–Crippen LogP) is 2.86. The number of pyridine rings is 2. The van der Waals surface area contributed by atoms with Crippen LogP contribution < -0.4 is 0 Å². The Morgan fingerprint density at radius 1 is 1.19 bits per heavy atom. The molecule has 134 valence electrons. The molecule has 0 atom stereocenters. The van der Waals surface area contributed by atoms with Crippen molar-refractivity contribution in [2.24, 2.45) is 0 Å². The first kappa shape index (κ1) is 16.7. The Morgan fingerprint density at radius 3 is 2.77 bits per heavy atom. The van der Waals surface area contributed by atoms with E-state index >= 15 is 0 Å². The minimum atomic E-state index is 0.0457. The van der Waals surface area contributed by atoms with Crippen LogP contribution in [0.2, 0.25) is 0 Å². The first-order valence-electron chi connectivity index (χ1n) is 8.97. The van der Waals surface area contributed by atoms with Gasteiger partial charge in [-0.25, -0.2) is 4.98 Å². The average Bonchev–Trinajstić information content (AvgIpc) is 3.03. The molecule has 1 amide bonds. The number of piperidine rings is 1. The Morgan fingerprint density at radius 2 is 2.00 bits per heavy atom. The van der Waals surface area contributed by atoms with Crippen molar-refractivity contribution in [3.63, 3.8) is 0 Å². The second kappa shape index (κ2) is 7.25. The van der Waals surface area contributed by atoms with E-state index in [4.69, 9.17) is 4.74 Å². The van der Waals surface area contributed by atoms with Gasteiger partial charge in [-0.1, -0.05) is 12.1 Å². The van der Waals surface area contributed by atoms with E-state index in [1.807, 2.05) is 58.8 Å². The summed E-state index contributed by atoms with van der Waals surface area (Å²) in [6.45, 7) is 3.81. The fourth-order valence-corrected chi connectivity index (χ4v) is 3.43. The van der Waals surface area contributed by atoms with Crippen molar-refractivity contribution in [3.05, 3.63) is 65.9 Å². The number of hydrogen-bond acceptors (Lipinski definition) is 4. The summed E-state index contributed by atoms with van der Waals surface area (Å²) in [5.74, 6) is 0.0457. The number of carbonyl (C=O) groups excluding carboxylic acids is 1. The fourth-order valence-electron chi connectivity index (χ4n) is 3.43. The van der Waals surface area contributed by atoms with Crippen LogP contribution >= 0.6 is 0 Å². The molecule has 6 nitrogen and oxygen atoms in total. The molecule has 26 heavy (non-hydrogen) atoms. The Bertz CT molecular complexity index is 899. The van der Waals surface area contributed by atoms with Crippen LogP contribution in [-0.4, -0.2) is 44.4 Å². The SMILES string of the molecule is Cc1nc2ccccn2c1C(=O)N1CCC(OCc2ccccn2)CC1. The third-order valence-corrected chi connectivity index (χ3v) is 4.83. The lowest BCUT2D eigenvalue weighted by atomic mass is 10.1. The maximum Gasteiger partial charge on any atom is 0.272 e. The van der Waals surface area contributed by atoms with Crippen molar-refractivity contribution in [2.75, 3.05) is 13.1 Å². The van der Waals surface area contributed by atoms with E-state index in [1.54, 1.807) is 6.20 Å². The quantitative estimate of drug-likeness (QED) is 0.726. The van der Waals surface area contributed by atoms with Crippen LogP contribution in [0.5, 0.6) is 0 Å². The Kier molecular flexibility index (Phi) is 4.67. The van der Waals surface area contributed by atoms with Crippen molar-refractivity contribution < 1.29 is 9.53 Å². The second-order valence-electron chi connectivity index (χ2n) is 6.60. The van der Waals surface area contributed by atoms with Crippen LogP contribution in [0.3, 0.4) is 0 Å². The maximum absolute atomic E-state index is 13.0. The van der Waals surface area contributed by atoms with Crippen LogP contribution in [-0.2, 0) is 11.3 Å². The molecule has 0 N–H and O–H groups in total. The van der Waals surface area contributed by atoms with Crippen molar-refractivity contribution in [1.82, 2.24) is 19.3 Å². The van der Waals surface area contributed by atoms with E-state index < -0.39 is 0 Å². The van der Waals surface area contributed by atoms with Crippen LogP contribution in [0.4, 0.5) is 0 Å². The summed E-state index contributed by atoms with van der Waals surface area (Å²) in [7, 11) is 0. The topological polar surface area (TPSA) is 59.7 Å². The number of aromatic nitrogens is 3. The van der Waals surface area contributed by atoms with Gasteiger partial charge in [0.15, 0.2) is 0 Å². The normalized spacial score (nSPS) is 15.5. The number of amides is 1. The van der Waals surface area contributed by atoms with Crippen molar-refractivity contribution in [1.29, 1.82) is 0 Å². The molecule has 3 aromatic rings. The molecule has 0 aliphatic carbocycles. The van der Waals surface area contributed by atoms with Gasteiger partial charge in [0.2, 0.25) is 0 Å². The Balaban J connectivity index is 1.38.